The van der Waals surface area contributed by atoms with Crippen LogP contribution in [0.4, 0.5) is 5.95 Å². The maximum atomic E-state index is 5.47. The van der Waals surface area contributed by atoms with Gasteiger partial charge in [0.25, 0.3) is 0 Å². The van der Waals surface area contributed by atoms with Crippen molar-refractivity contribution in [3.8, 4) is 0 Å². The van der Waals surface area contributed by atoms with Gasteiger partial charge in [-0.15, -0.1) is 0 Å². The Bertz CT molecular complexity index is 516. The second-order valence-electron chi connectivity index (χ2n) is 4.59. The molecule has 0 spiro atoms. The summed E-state index contributed by atoms with van der Waals surface area (Å²) in [5, 5.41) is 6.51. The van der Waals surface area contributed by atoms with Crippen LogP contribution < -0.4 is 10.6 Å². The fourth-order valence-corrected chi connectivity index (χ4v) is 1.86. The Balaban J connectivity index is 1.69. The van der Waals surface area contributed by atoms with E-state index < -0.39 is 0 Å². The summed E-state index contributed by atoms with van der Waals surface area (Å²) >= 11 is 0. The molecule has 0 atom stereocenters. The Morgan fingerprint density at radius 3 is 2.42 bits per heavy atom. The first-order valence-electron chi connectivity index (χ1n) is 6.45. The van der Waals surface area contributed by atoms with Gasteiger partial charge in [-0.05, 0) is 39.0 Å². The molecule has 0 amide bonds. The van der Waals surface area contributed by atoms with Crippen LogP contribution in [0.1, 0.15) is 22.9 Å². The summed E-state index contributed by atoms with van der Waals surface area (Å²) in [5.41, 5.74) is 1.96. The van der Waals surface area contributed by atoms with Crippen molar-refractivity contribution < 1.29 is 4.42 Å². The van der Waals surface area contributed by atoms with E-state index in [1.807, 2.05) is 39.0 Å². The summed E-state index contributed by atoms with van der Waals surface area (Å²) in [4.78, 5) is 8.65. The van der Waals surface area contributed by atoms with Gasteiger partial charge in [0.05, 0.1) is 6.54 Å². The maximum absolute atomic E-state index is 5.47. The topological polar surface area (TPSA) is 63.0 Å². The Morgan fingerprint density at radius 1 is 1.05 bits per heavy atom. The molecule has 2 rings (SSSR count). The number of nitrogens with zero attached hydrogens (tertiary/aromatic N) is 2. The number of aromatic nitrogens is 2. The lowest BCUT2D eigenvalue weighted by atomic mass is 10.4. The molecule has 2 aromatic heterocycles. The van der Waals surface area contributed by atoms with E-state index in [1.54, 1.807) is 0 Å². The molecule has 102 valence electrons. The van der Waals surface area contributed by atoms with Crippen LogP contribution in [-0.2, 0) is 6.54 Å². The molecule has 0 aliphatic carbocycles. The van der Waals surface area contributed by atoms with Gasteiger partial charge in [0, 0.05) is 24.5 Å². The second kappa shape index (κ2) is 6.33. The van der Waals surface area contributed by atoms with Gasteiger partial charge in [-0.25, -0.2) is 9.97 Å². The van der Waals surface area contributed by atoms with Gasteiger partial charge in [-0.2, -0.15) is 0 Å². The minimum Gasteiger partial charge on any atom is -0.465 e. The maximum Gasteiger partial charge on any atom is 0.223 e. The second-order valence-corrected chi connectivity index (χ2v) is 4.59. The van der Waals surface area contributed by atoms with Crippen molar-refractivity contribution in [2.75, 3.05) is 18.4 Å². The van der Waals surface area contributed by atoms with Crippen LogP contribution in [0.15, 0.2) is 22.6 Å². The molecule has 5 nitrogen and oxygen atoms in total. The number of aryl methyl sites for hydroxylation is 3. The lowest BCUT2D eigenvalue weighted by Gasteiger charge is -2.07. The zero-order valence-electron chi connectivity index (χ0n) is 11.7. The monoisotopic (exact) mass is 260 g/mol. The van der Waals surface area contributed by atoms with E-state index >= 15 is 0 Å². The minimum atomic E-state index is 0.688. The molecule has 0 unspecified atom stereocenters. The molecule has 0 bridgehead atoms. The van der Waals surface area contributed by atoms with Gasteiger partial charge in [0.2, 0.25) is 5.95 Å². The fraction of sp³-hybridized carbons (Fsp3) is 0.429. The molecule has 2 heterocycles. The highest BCUT2D eigenvalue weighted by atomic mass is 16.3. The Kier molecular flexibility index (Phi) is 4.52. The average Bonchev–Trinajstić information content (AvgIpc) is 2.73. The van der Waals surface area contributed by atoms with Crippen molar-refractivity contribution in [1.82, 2.24) is 15.3 Å². The quantitative estimate of drug-likeness (QED) is 0.780. The molecule has 19 heavy (non-hydrogen) atoms. The minimum absolute atomic E-state index is 0.688. The molecule has 5 heteroatoms. The molecule has 0 aliphatic heterocycles. The van der Waals surface area contributed by atoms with Gasteiger partial charge >= 0.3 is 0 Å². The molecule has 0 aliphatic rings. The third-order valence-electron chi connectivity index (χ3n) is 2.66. The van der Waals surface area contributed by atoms with E-state index in [4.69, 9.17) is 4.42 Å². The van der Waals surface area contributed by atoms with Crippen molar-refractivity contribution in [3.05, 3.63) is 41.1 Å². The summed E-state index contributed by atoms with van der Waals surface area (Å²) in [6.07, 6.45) is 0. The first-order chi connectivity index (χ1) is 9.13. The lowest BCUT2D eigenvalue weighted by Crippen LogP contribution is -2.22. The highest BCUT2D eigenvalue weighted by Gasteiger charge is 1.99. The number of rotatable bonds is 6. The van der Waals surface area contributed by atoms with Crippen LogP contribution in [0, 0.1) is 20.8 Å². The van der Waals surface area contributed by atoms with Crippen LogP contribution in [0.5, 0.6) is 0 Å². The number of hydrogen-bond donors (Lipinski definition) is 2. The third kappa shape index (κ3) is 4.37. The summed E-state index contributed by atoms with van der Waals surface area (Å²) in [5.74, 6) is 2.59. The van der Waals surface area contributed by atoms with E-state index in [0.717, 1.165) is 42.5 Å². The van der Waals surface area contributed by atoms with E-state index in [0.29, 0.717) is 5.95 Å². The summed E-state index contributed by atoms with van der Waals surface area (Å²) in [6, 6.07) is 5.92. The predicted molar refractivity (Wildman–Crippen MR) is 75.1 cm³/mol. The number of furan rings is 1. The Labute approximate surface area is 113 Å². The molecule has 2 aromatic rings. The van der Waals surface area contributed by atoms with Crippen LogP contribution in [0.2, 0.25) is 0 Å². The molecule has 0 fully saturated rings. The van der Waals surface area contributed by atoms with Gasteiger partial charge in [0.1, 0.15) is 11.5 Å². The van der Waals surface area contributed by atoms with Crippen LogP contribution in [-0.4, -0.2) is 23.1 Å². The summed E-state index contributed by atoms with van der Waals surface area (Å²) in [6.45, 7) is 8.24. The molecule has 0 saturated carbocycles. The molecule has 0 radical (unpaired) electrons. The largest absolute Gasteiger partial charge is 0.465 e. The first kappa shape index (κ1) is 13.5. The van der Waals surface area contributed by atoms with E-state index in [-0.39, 0.29) is 0 Å². The van der Waals surface area contributed by atoms with Crippen molar-refractivity contribution >= 4 is 5.95 Å². The third-order valence-corrected chi connectivity index (χ3v) is 2.66. The molecular formula is C14H20N4O. The normalized spacial score (nSPS) is 10.7. The SMILES string of the molecule is Cc1cc(C)nc(NCCNCc2ccc(C)o2)n1. The molecule has 0 saturated heterocycles. The Morgan fingerprint density at radius 2 is 1.79 bits per heavy atom. The highest BCUT2D eigenvalue weighted by Crippen LogP contribution is 2.05. The van der Waals surface area contributed by atoms with Gasteiger partial charge in [-0.1, -0.05) is 0 Å². The predicted octanol–water partition coefficient (Wildman–Crippen LogP) is 2.20. The van der Waals surface area contributed by atoms with Gasteiger partial charge in [-0.3, -0.25) is 0 Å². The standard InChI is InChI=1S/C14H20N4O/c1-10-8-11(2)18-14(17-10)16-7-6-15-9-13-5-4-12(3)19-13/h4-5,8,15H,6-7,9H2,1-3H3,(H,16,17,18). The van der Waals surface area contributed by atoms with Crippen molar-refractivity contribution in [3.63, 3.8) is 0 Å². The van der Waals surface area contributed by atoms with Crippen molar-refractivity contribution in [2.45, 2.75) is 27.3 Å². The van der Waals surface area contributed by atoms with Crippen LogP contribution >= 0.6 is 0 Å². The molecular weight excluding hydrogens is 240 g/mol. The van der Waals surface area contributed by atoms with Gasteiger partial charge in [0.15, 0.2) is 0 Å². The lowest BCUT2D eigenvalue weighted by molar-refractivity contribution is 0.464. The smallest absolute Gasteiger partial charge is 0.223 e. The van der Waals surface area contributed by atoms with Gasteiger partial charge < -0.3 is 15.1 Å². The van der Waals surface area contributed by atoms with Crippen molar-refractivity contribution in [2.24, 2.45) is 0 Å². The van der Waals surface area contributed by atoms with E-state index in [1.165, 1.54) is 0 Å². The Hall–Kier alpha value is -1.88. The zero-order valence-corrected chi connectivity index (χ0v) is 11.7. The van der Waals surface area contributed by atoms with Crippen LogP contribution in [0.3, 0.4) is 0 Å². The van der Waals surface area contributed by atoms with E-state index in [2.05, 4.69) is 20.6 Å². The first-order valence-corrected chi connectivity index (χ1v) is 6.45. The summed E-state index contributed by atoms with van der Waals surface area (Å²) < 4.78 is 5.47. The average molecular weight is 260 g/mol. The summed E-state index contributed by atoms with van der Waals surface area (Å²) in [7, 11) is 0. The van der Waals surface area contributed by atoms with Crippen LogP contribution in [0.25, 0.3) is 0 Å². The number of hydrogen-bond acceptors (Lipinski definition) is 5. The number of nitrogens with one attached hydrogen (secondary N) is 2. The molecule has 0 aromatic carbocycles. The highest BCUT2D eigenvalue weighted by molar-refractivity contribution is 5.27. The molecule has 2 N–H and O–H groups in total. The van der Waals surface area contributed by atoms with E-state index in [9.17, 15) is 0 Å². The fourth-order valence-electron chi connectivity index (χ4n) is 1.86. The zero-order chi connectivity index (χ0) is 13.7. The number of anilines is 1. The van der Waals surface area contributed by atoms with Crippen molar-refractivity contribution in [1.29, 1.82) is 0 Å².